The van der Waals surface area contributed by atoms with Crippen molar-refractivity contribution in [3.05, 3.63) is 70.5 Å². The van der Waals surface area contributed by atoms with Crippen LogP contribution >= 0.6 is 0 Å². The largest absolute Gasteiger partial charge is 0.385 e. The highest BCUT2D eigenvalue weighted by atomic mass is 19.1. The maximum absolute atomic E-state index is 13.3. The molecule has 0 radical (unpaired) electrons. The molecule has 0 aromatic heterocycles. The number of hydrogen-bond acceptors (Lipinski definition) is 1. The Labute approximate surface area is 120 Å². The highest BCUT2D eigenvalue weighted by Crippen LogP contribution is 2.27. The molecular weight excluding hydrogens is 251 g/mol. The first kappa shape index (κ1) is 14.7. The molecule has 1 unspecified atom stereocenters. The van der Waals surface area contributed by atoms with Gasteiger partial charge in [0.1, 0.15) is 5.82 Å². The second kappa shape index (κ2) is 5.76. The van der Waals surface area contributed by atoms with Gasteiger partial charge in [0, 0.05) is 6.42 Å². The average Bonchev–Trinajstić information content (AvgIpc) is 2.43. The molecule has 20 heavy (non-hydrogen) atoms. The smallest absolute Gasteiger partial charge is 0.123 e. The summed E-state index contributed by atoms with van der Waals surface area (Å²) in [5.74, 6) is -0.261. The Kier molecular flexibility index (Phi) is 4.24. The van der Waals surface area contributed by atoms with Crippen LogP contribution in [-0.4, -0.2) is 5.11 Å². The highest BCUT2D eigenvalue weighted by Gasteiger charge is 2.24. The number of benzene rings is 2. The van der Waals surface area contributed by atoms with Crippen LogP contribution in [0.3, 0.4) is 0 Å². The lowest BCUT2D eigenvalue weighted by Gasteiger charge is -2.25. The van der Waals surface area contributed by atoms with E-state index in [4.69, 9.17) is 0 Å². The van der Waals surface area contributed by atoms with Crippen LogP contribution in [0.25, 0.3) is 0 Å². The fourth-order valence-electron chi connectivity index (χ4n) is 2.40. The molecule has 0 amide bonds. The highest BCUT2D eigenvalue weighted by molar-refractivity contribution is 5.32. The molecule has 0 bridgehead atoms. The zero-order valence-electron chi connectivity index (χ0n) is 12.3. The van der Waals surface area contributed by atoms with Gasteiger partial charge < -0.3 is 5.11 Å². The third-order valence-electron chi connectivity index (χ3n) is 3.83. The van der Waals surface area contributed by atoms with E-state index in [1.54, 1.807) is 13.0 Å². The first-order valence-corrected chi connectivity index (χ1v) is 6.99. The number of halogens is 1. The molecule has 1 nitrogen and oxygen atoms in total. The first-order valence-electron chi connectivity index (χ1n) is 6.99. The van der Waals surface area contributed by atoms with E-state index in [9.17, 15) is 9.50 Å². The molecule has 0 saturated heterocycles. The Balaban J connectivity index is 2.27. The van der Waals surface area contributed by atoms with Crippen LogP contribution in [0.2, 0.25) is 0 Å². The van der Waals surface area contributed by atoms with Crippen LogP contribution in [0, 0.1) is 12.7 Å². The summed E-state index contributed by atoms with van der Waals surface area (Å²) in [6.45, 7) is 5.81. The predicted molar refractivity (Wildman–Crippen MR) is 80.2 cm³/mol. The molecular formula is C18H21FO. The minimum atomic E-state index is -0.995. The van der Waals surface area contributed by atoms with Crippen LogP contribution in [0.1, 0.15) is 36.1 Å². The van der Waals surface area contributed by atoms with Gasteiger partial charge in [-0.15, -0.1) is 0 Å². The van der Waals surface area contributed by atoms with E-state index in [-0.39, 0.29) is 5.82 Å². The van der Waals surface area contributed by atoms with Crippen LogP contribution in [0.15, 0.2) is 42.5 Å². The molecule has 2 aromatic carbocycles. The van der Waals surface area contributed by atoms with Gasteiger partial charge in [-0.25, -0.2) is 4.39 Å². The second-order valence-corrected chi connectivity index (χ2v) is 5.57. The van der Waals surface area contributed by atoms with Gasteiger partial charge in [-0.2, -0.15) is 0 Å². The molecule has 2 rings (SSSR count). The van der Waals surface area contributed by atoms with Crippen LogP contribution in [0.5, 0.6) is 0 Å². The van der Waals surface area contributed by atoms with Crippen LogP contribution in [0.4, 0.5) is 4.39 Å². The molecule has 0 aliphatic heterocycles. The Morgan fingerprint density at radius 1 is 1.10 bits per heavy atom. The summed E-state index contributed by atoms with van der Waals surface area (Å²) >= 11 is 0. The maximum Gasteiger partial charge on any atom is 0.123 e. The summed E-state index contributed by atoms with van der Waals surface area (Å²) in [6.07, 6.45) is 1.38. The first-order chi connectivity index (χ1) is 9.42. The summed E-state index contributed by atoms with van der Waals surface area (Å²) < 4.78 is 13.3. The van der Waals surface area contributed by atoms with Crippen molar-refractivity contribution in [1.82, 2.24) is 0 Å². The monoisotopic (exact) mass is 272 g/mol. The molecule has 1 N–H and O–H groups in total. The van der Waals surface area contributed by atoms with Crippen molar-refractivity contribution in [3.8, 4) is 0 Å². The van der Waals surface area contributed by atoms with Gasteiger partial charge in [-0.1, -0.05) is 37.3 Å². The van der Waals surface area contributed by atoms with Gasteiger partial charge in [0.2, 0.25) is 0 Å². The fraction of sp³-hybridized carbons (Fsp3) is 0.333. The van der Waals surface area contributed by atoms with Crippen LogP contribution < -0.4 is 0 Å². The third-order valence-corrected chi connectivity index (χ3v) is 3.83. The van der Waals surface area contributed by atoms with E-state index in [2.05, 4.69) is 6.92 Å². The minimum absolute atomic E-state index is 0.261. The number of hydrogen-bond donors (Lipinski definition) is 1. The van der Waals surface area contributed by atoms with Crippen molar-refractivity contribution in [2.24, 2.45) is 0 Å². The van der Waals surface area contributed by atoms with Crippen LogP contribution in [-0.2, 0) is 18.4 Å². The summed E-state index contributed by atoms with van der Waals surface area (Å²) in [7, 11) is 0. The topological polar surface area (TPSA) is 20.2 Å². The van der Waals surface area contributed by atoms with Gasteiger partial charge in [0.15, 0.2) is 0 Å². The lowest BCUT2D eigenvalue weighted by atomic mass is 9.87. The van der Waals surface area contributed by atoms with Crippen molar-refractivity contribution < 1.29 is 9.50 Å². The van der Waals surface area contributed by atoms with Crippen molar-refractivity contribution >= 4 is 0 Å². The number of rotatable bonds is 4. The van der Waals surface area contributed by atoms with E-state index in [1.165, 1.54) is 17.7 Å². The number of aliphatic hydroxyl groups is 1. The van der Waals surface area contributed by atoms with Crippen molar-refractivity contribution in [2.45, 2.75) is 39.2 Å². The molecule has 1 atom stereocenters. The Morgan fingerprint density at radius 2 is 1.75 bits per heavy atom. The second-order valence-electron chi connectivity index (χ2n) is 5.57. The molecule has 0 spiro atoms. The van der Waals surface area contributed by atoms with Gasteiger partial charge in [-0.05, 0) is 54.7 Å². The van der Waals surface area contributed by atoms with Gasteiger partial charge in [-0.3, -0.25) is 0 Å². The van der Waals surface area contributed by atoms with E-state index in [0.29, 0.717) is 6.42 Å². The van der Waals surface area contributed by atoms with Crippen molar-refractivity contribution in [1.29, 1.82) is 0 Å². The molecule has 2 aromatic rings. The molecule has 2 heteroatoms. The van der Waals surface area contributed by atoms with E-state index in [1.807, 2.05) is 31.2 Å². The van der Waals surface area contributed by atoms with Crippen molar-refractivity contribution in [3.63, 3.8) is 0 Å². The maximum atomic E-state index is 13.3. The fourth-order valence-corrected chi connectivity index (χ4v) is 2.40. The zero-order valence-corrected chi connectivity index (χ0v) is 12.3. The number of aryl methyl sites for hydroxylation is 2. The van der Waals surface area contributed by atoms with Gasteiger partial charge >= 0.3 is 0 Å². The minimum Gasteiger partial charge on any atom is -0.385 e. The predicted octanol–water partition coefficient (Wildman–Crippen LogP) is 4.15. The van der Waals surface area contributed by atoms with E-state index < -0.39 is 5.60 Å². The van der Waals surface area contributed by atoms with E-state index >= 15 is 0 Å². The van der Waals surface area contributed by atoms with Crippen molar-refractivity contribution in [2.75, 3.05) is 0 Å². The normalized spacial score (nSPS) is 14.1. The van der Waals surface area contributed by atoms with Gasteiger partial charge in [0.05, 0.1) is 5.60 Å². The summed E-state index contributed by atoms with van der Waals surface area (Å²) in [5.41, 5.74) is 2.95. The Bertz CT molecular complexity index is 585. The lowest BCUT2D eigenvalue weighted by Crippen LogP contribution is -2.24. The quantitative estimate of drug-likeness (QED) is 0.886. The lowest BCUT2D eigenvalue weighted by molar-refractivity contribution is 0.0574. The standard InChI is InChI=1S/C18H21FO/c1-4-14-6-8-16(9-7-14)18(3,20)12-15-11-17(19)10-5-13(15)2/h5-11,20H,4,12H2,1-3H3. The molecule has 0 aliphatic carbocycles. The zero-order chi connectivity index (χ0) is 14.8. The third kappa shape index (κ3) is 3.26. The summed E-state index contributed by atoms with van der Waals surface area (Å²) in [6, 6.07) is 12.7. The molecule has 0 fully saturated rings. The molecule has 0 aliphatic rings. The van der Waals surface area contributed by atoms with Gasteiger partial charge in [0.25, 0.3) is 0 Å². The summed E-state index contributed by atoms with van der Waals surface area (Å²) in [5, 5.41) is 10.7. The average molecular weight is 272 g/mol. The van der Waals surface area contributed by atoms with E-state index in [0.717, 1.165) is 23.1 Å². The summed E-state index contributed by atoms with van der Waals surface area (Å²) in [4.78, 5) is 0. The molecule has 0 heterocycles. The Morgan fingerprint density at radius 3 is 2.35 bits per heavy atom. The molecule has 0 saturated carbocycles. The SMILES string of the molecule is CCc1ccc(C(C)(O)Cc2cc(F)ccc2C)cc1. The molecule has 106 valence electrons. The Hall–Kier alpha value is -1.67.